The van der Waals surface area contributed by atoms with Crippen LogP contribution in [0.2, 0.25) is 10.0 Å². The highest BCUT2D eigenvalue weighted by Crippen LogP contribution is 2.45. The van der Waals surface area contributed by atoms with Crippen LogP contribution in [0, 0.1) is 5.82 Å². The van der Waals surface area contributed by atoms with Crippen LogP contribution >= 0.6 is 34.5 Å². The van der Waals surface area contributed by atoms with E-state index in [-0.39, 0.29) is 27.6 Å². The normalized spacial score (nSPS) is 20.5. The van der Waals surface area contributed by atoms with Crippen molar-refractivity contribution in [3.8, 4) is 5.75 Å². The first-order chi connectivity index (χ1) is 17.7. The molecule has 2 unspecified atom stereocenters. The second-order valence-electron chi connectivity index (χ2n) is 8.91. The number of nitrogens with zero attached hydrogens (tertiary/aromatic N) is 2. The number of rotatable bonds is 3. The quantitative estimate of drug-likeness (QED) is 0.173. The van der Waals surface area contributed by atoms with Gasteiger partial charge in [0.25, 0.3) is 5.78 Å². The van der Waals surface area contributed by atoms with Crippen molar-refractivity contribution in [2.45, 2.75) is 25.5 Å². The number of thiazole rings is 1. The summed E-state index contributed by atoms with van der Waals surface area (Å²) in [4.78, 5) is 32.5. The summed E-state index contributed by atoms with van der Waals surface area (Å²) in [6.07, 6.45) is 0.654. The van der Waals surface area contributed by atoms with Crippen molar-refractivity contribution in [1.29, 1.82) is 0 Å². The third-order valence-electron chi connectivity index (χ3n) is 6.42. The number of carbonyl (C=O) groups excluding carboxylic acids is 2. The zero-order valence-corrected chi connectivity index (χ0v) is 21.5. The highest BCUT2D eigenvalue weighted by molar-refractivity contribution is 7.22. The molecule has 0 saturated carbocycles. The number of carbonyl (C=O) groups is 2. The molecule has 0 radical (unpaired) electrons. The summed E-state index contributed by atoms with van der Waals surface area (Å²) in [5.74, 6) is -1.79. The summed E-state index contributed by atoms with van der Waals surface area (Å²) < 4.78 is 20.1. The first-order valence-corrected chi connectivity index (χ1v) is 12.9. The van der Waals surface area contributed by atoms with Gasteiger partial charge in [-0.3, -0.25) is 14.5 Å². The van der Waals surface area contributed by atoms with E-state index in [1.165, 1.54) is 23.1 Å². The highest BCUT2D eigenvalue weighted by Gasteiger charge is 2.48. The van der Waals surface area contributed by atoms with E-state index in [0.717, 1.165) is 16.9 Å². The summed E-state index contributed by atoms with van der Waals surface area (Å²) in [6, 6.07) is 12.9. The molecule has 0 aliphatic carbocycles. The maximum Gasteiger partial charge on any atom is 0.301 e. The highest BCUT2D eigenvalue weighted by atomic mass is 35.5. The molecular weight excluding hydrogens is 538 g/mol. The molecule has 1 amide bonds. The number of aliphatic hydroxyl groups is 1. The number of hydrogen-bond acceptors (Lipinski definition) is 6. The van der Waals surface area contributed by atoms with Gasteiger partial charge in [-0.1, -0.05) is 40.6 Å². The molecule has 37 heavy (non-hydrogen) atoms. The molecule has 0 spiro atoms. The van der Waals surface area contributed by atoms with Crippen LogP contribution in [0.1, 0.15) is 29.7 Å². The number of ketones is 1. The third-order valence-corrected chi connectivity index (χ3v) is 8.18. The molecule has 3 aromatic carbocycles. The van der Waals surface area contributed by atoms with E-state index < -0.39 is 23.5 Å². The molecule has 10 heteroatoms. The van der Waals surface area contributed by atoms with Crippen LogP contribution in [0.3, 0.4) is 0 Å². The van der Waals surface area contributed by atoms with Gasteiger partial charge in [0.1, 0.15) is 23.4 Å². The summed E-state index contributed by atoms with van der Waals surface area (Å²) in [5.41, 5.74) is 2.10. The van der Waals surface area contributed by atoms with Crippen LogP contribution in [-0.2, 0) is 16.0 Å². The fourth-order valence-corrected chi connectivity index (χ4v) is 6.07. The second kappa shape index (κ2) is 8.83. The van der Waals surface area contributed by atoms with Crippen molar-refractivity contribution in [2.75, 3.05) is 4.90 Å². The van der Waals surface area contributed by atoms with Crippen LogP contribution in [0.15, 0.2) is 60.2 Å². The molecule has 2 atom stereocenters. The fourth-order valence-electron chi connectivity index (χ4n) is 4.74. The van der Waals surface area contributed by atoms with E-state index in [4.69, 9.17) is 27.9 Å². The fraction of sp³-hybridized carbons (Fsp3) is 0.148. The van der Waals surface area contributed by atoms with E-state index >= 15 is 0 Å². The van der Waals surface area contributed by atoms with Gasteiger partial charge in [-0.15, -0.1) is 0 Å². The Bertz CT molecular complexity index is 1670. The van der Waals surface area contributed by atoms with Crippen molar-refractivity contribution >= 4 is 67.3 Å². The van der Waals surface area contributed by atoms with Crippen LogP contribution in [0.5, 0.6) is 5.75 Å². The molecule has 3 heterocycles. The summed E-state index contributed by atoms with van der Waals surface area (Å²) in [5, 5.41) is 12.1. The van der Waals surface area contributed by atoms with Crippen molar-refractivity contribution < 1.29 is 23.8 Å². The number of anilines is 1. The van der Waals surface area contributed by atoms with Crippen LogP contribution in [-0.4, -0.2) is 27.9 Å². The molecule has 1 saturated heterocycles. The van der Waals surface area contributed by atoms with Gasteiger partial charge in [-0.25, -0.2) is 9.37 Å². The Morgan fingerprint density at radius 2 is 1.92 bits per heavy atom. The molecule has 0 bridgehead atoms. The molecule has 186 valence electrons. The van der Waals surface area contributed by atoms with Gasteiger partial charge in [0.15, 0.2) is 5.13 Å². The number of fused-ring (bicyclic) bond motifs is 2. The SMILES string of the molecule is CC1Cc2cc(/C(O)=C3\C(=O)C(=O)N(c4nc5ccc(F)cc5s4)C3c3ccc(Cl)c(Cl)c3)ccc2O1. The zero-order valence-electron chi connectivity index (χ0n) is 19.2. The lowest BCUT2D eigenvalue weighted by atomic mass is 9.94. The molecule has 1 N–H and O–H groups in total. The van der Waals surface area contributed by atoms with Crippen molar-refractivity contribution in [3.63, 3.8) is 0 Å². The first kappa shape index (κ1) is 23.9. The number of benzene rings is 3. The topological polar surface area (TPSA) is 79.7 Å². The average molecular weight is 555 g/mol. The average Bonchev–Trinajstić information content (AvgIpc) is 3.52. The minimum Gasteiger partial charge on any atom is -0.507 e. The second-order valence-corrected chi connectivity index (χ2v) is 10.7. The number of aliphatic hydroxyl groups excluding tert-OH is 1. The predicted octanol–water partition coefficient (Wildman–Crippen LogP) is 6.69. The smallest absolute Gasteiger partial charge is 0.301 e. The molecule has 6 nitrogen and oxygen atoms in total. The Morgan fingerprint density at radius 3 is 2.70 bits per heavy atom. The Labute approximate surface area is 224 Å². The number of Topliss-reactive ketones (excluding diaryl/α,β-unsaturated/α-hetero) is 1. The van der Waals surface area contributed by atoms with Crippen LogP contribution in [0.4, 0.5) is 9.52 Å². The minimum absolute atomic E-state index is 0.00180. The largest absolute Gasteiger partial charge is 0.507 e. The Hall–Kier alpha value is -3.46. The lowest BCUT2D eigenvalue weighted by Crippen LogP contribution is -2.29. The zero-order chi connectivity index (χ0) is 26.0. The summed E-state index contributed by atoms with van der Waals surface area (Å²) in [7, 11) is 0. The van der Waals surface area contributed by atoms with Gasteiger partial charge >= 0.3 is 5.91 Å². The van der Waals surface area contributed by atoms with E-state index in [9.17, 15) is 19.1 Å². The number of ether oxygens (including phenoxy) is 1. The van der Waals surface area contributed by atoms with Gasteiger partial charge in [0.05, 0.1) is 31.9 Å². The Kier molecular flexibility index (Phi) is 5.71. The van der Waals surface area contributed by atoms with Gasteiger partial charge < -0.3 is 9.84 Å². The van der Waals surface area contributed by atoms with Gasteiger partial charge in [-0.05, 0) is 66.6 Å². The minimum atomic E-state index is -1.04. The monoisotopic (exact) mass is 554 g/mol. The van der Waals surface area contributed by atoms with E-state index in [2.05, 4.69) is 4.98 Å². The van der Waals surface area contributed by atoms with Crippen molar-refractivity contribution in [2.24, 2.45) is 0 Å². The molecule has 2 aliphatic rings. The number of hydrogen-bond donors (Lipinski definition) is 1. The van der Waals surface area contributed by atoms with Crippen LogP contribution < -0.4 is 9.64 Å². The summed E-state index contributed by atoms with van der Waals surface area (Å²) >= 11 is 13.5. The van der Waals surface area contributed by atoms with Crippen molar-refractivity contribution in [1.82, 2.24) is 4.98 Å². The van der Waals surface area contributed by atoms with Gasteiger partial charge in [0, 0.05) is 12.0 Å². The van der Waals surface area contributed by atoms with E-state index in [1.807, 2.05) is 6.92 Å². The summed E-state index contributed by atoms with van der Waals surface area (Å²) in [6.45, 7) is 1.94. The molecular formula is C27H17Cl2FN2O4S. The Balaban J connectivity index is 1.55. The van der Waals surface area contributed by atoms with Gasteiger partial charge in [-0.2, -0.15) is 0 Å². The maximum absolute atomic E-state index is 13.8. The van der Waals surface area contributed by atoms with E-state index in [0.29, 0.717) is 38.5 Å². The number of aromatic nitrogens is 1. The molecule has 1 fully saturated rings. The third kappa shape index (κ3) is 3.96. The Morgan fingerprint density at radius 1 is 1.11 bits per heavy atom. The number of halogens is 3. The standard InChI is InChI=1S/C27H17Cl2FN2O4S/c1-12-8-15-9-14(3-7-20(15)36-12)24(33)22-23(13-2-5-17(28)18(29)10-13)32(26(35)25(22)34)27-31-19-6-4-16(30)11-21(19)37-27/h2-7,9-12,23,33H,8H2,1H3/b24-22+. The molecule has 2 aliphatic heterocycles. The number of amides is 1. The molecule has 6 rings (SSSR count). The predicted molar refractivity (Wildman–Crippen MR) is 141 cm³/mol. The molecule has 1 aromatic heterocycles. The van der Waals surface area contributed by atoms with Gasteiger partial charge in [0.2, 0.25) is 0 Å². The maximum atomic E-state index is 13.8. The molecule has 4 aromatic rings. The lowest BCUT2D eigenvalue weighted by Gasteiger charge is -2.23. The lowest BCUT2D eigenvalue weighted by molar-refractivity contribution is -0.132. The van der Waals surface area contributed by atoms with Crippen molar-refractivity contribution in [3.05, 3.63) is 92.7 Å². The first-order valence-electron chi connectivity index (χ1n) is 11.3. The van der Waals surface area contributed by atoms with E-state index in [1.54, 1.807) is 36.4 Å². The van der Waals surface area contributed by atoms with Crippen LogP contribution in [0.25, 0.3) is 16.0 Å².